The fraction of sp³-hybridized carbons (Fsp3) is 0.667. The van der Waals surface area contributed by atoms with Gasteiger partial charge in [-0.3, -0.25) is 0 Å². The highest BCUT2D eigenvalue weighted by molar-refractivity contribution is 5.50. The highest BCUT2D eigenvalue weighted by atomic mass is 16.1. The van der Waals surface area contributed by atoms with E-state index in [2.05, 4.69) is 6.58 Å². The van der Waals surface area contributed by atoms with Crippen LogP contribution in [0, 0.1) is 11.8 Å². The monoisotopic (exact) mass is 138 g/mol. The quantitative estimate of drug-likeness (QED) is 0.431. The number of hydrogen-bond donors (Lipinski definition) is 0. The van der Waals surface area contributed by atoms with Crippen molar-refractivity contribution in [1.82, 2.24) is 0 Å². The Bertz CT molecular complexity index is 129. The Labute approximate surface area is 62.1 Å². The van der Waals surface area contributed by atoms with Crippen molar-refractivity contribution >= 4 is 6.29 Å². The van der Waals surface area contributed by atoms with Crippen LogP contribution in [0.3, 0.4) is 0 Å². The van der Waals surface area contributed by atoms with Gasteiger partial charge < -0.3 is 4.79 Å². The molecule has 0 aromatic rings. The molecule has 0 radical (unpaired) electrons. The van der Waals surface area contributed by atoms with Gasteiger partial charge in [-0.05, 0) is 24.7 Å². The van der Waals surface area contributed by atoms with Crippen molar-refractivity contribution in [3.63, 3.8) is 0 Å². The second-order valence-electron chi connectivity index (χ2n) is 2.99. The molecule has 0 bridgehead atoms. The first-order chi connectivity index (χ1) is 4.88. The number of carbonyl (C=O) groups is 1. The summed E-state index contributed by atoms with van der Waals surface area (Å²) in [7, 11) is 0. The van der Waals surface area contributed by atoms with Crippen LogP contribution >= 0.6 is 0 Å². The summed E-state index contributed by atoms with van der Waals surface area (Å²) in [6.07, 6.45) is 7.50. The van der Waals surface area contributed by atoms with Crippen molar-refractivity contribution in [2.24, 2.45) is 11.8 Å². The van der Waals surface area contributed by atoms with Gasteiger partial charge in [-0.15, -0.1) is 6.58 Å². The van der Waals surface area contributed by atoms with Gasteiger partial charge in [0, 0.05) is 6.42 Å². The molecular weight excluding hydrogens is 124 g/mol. The minimum absolute atomic E-state index is 0.606. The summed E-state index contributed by atoms with van der Waals surface area (Å²) in [5.74, 6) is 1.22. The zero-order chi connectivity index (χ0) is 7.40. The Hall–Kier alpha value is -0.590. The molecule has 0 aromatic heterocycles. The summed E-state index contributed by atoms with van der Waals surface area (Å²) in [6, 6.07) is 0. The molecule has 1 aliphatic carbocycles. The fourth-order valence-corrected chi connectivity index (χ4v) is 1.79. The lowest BCUT2D eigenvalue weighted by Gasteiger charge is -2.11. The molecule has 1 saturated carbocycles. The summed E-state index contributed by atoms with van der Waals surface area (Å²) in [5, 5.41) is 0. The maximum Gasteiger partial charge on any atom is 0.120 e. The lowest BCUT2D eigenvalue weighted by atomic mass is 9.94. The summed E-state index contributed by atoms with van der Waals surface area (Å²) in [6.45, 7) is 3.76. The molecule has 2 atom stereocenters. The van der Waals surface area contributed by atoms with Crippen LogP contribution in [0.2, 0.25) is 0 Å². The number of carbonyl (C=O) groups excluding carboxylic acids is 1. The maximum absolute atomic E-state index is 10.2. The van der Waals surface area contributed by atoms with E-state index in [1.165, 1.54) is 19.3 Å². The van der Waals surface area contributed by atoms with Crippen LogP contribution in [0.5, 0.6) is 0 Å². The molecule has 10 heavy (non-hydrogen) atoms. The molecule has 56 valence electrons. The van der Waals surface area contributed by atoms with Crippen molar-refractivity contribution in [1.29, 1.82) is 0 Å². The average Bonchev–Trinajstić information content (AvgIpc) is 2.36. The smallest absolute Gasteiger partial charge is 0.120 e. The molecule has 0 amide bonds. The SMILES string of the molecule is C=C[C@@H]1CCC[C@@H]1CC=O. The number of aldehydes is 1. The van der Waals surface area contributed by atoms with E-state index in [0.717, 1.165) is 12.7 Å². The van der Waals surface area contributed by atoms with Crippen LogP contribution < -0.4 is 0 Å². The fourth-order valence-electron chi connectivity index (χ4n) is 1.79. The van der Waals surface area contributed by atoms with E-state index in [9.17, 15) is 4.79 Å². The molecule has 1 rings (SSSR count). The van der Waals surface area contributed by atoms with Gasteiger partial charge in [0.2, 0.25) is 0 Å². The van der Waals surface area contributed by atoms with Crippen LogP contribution in [0.1, 0.15) is 25.7 Å². The highest BCUT2D eigenvalue weighted by Gasteiger charge is 2.23. The van der Waals surface area contributed by atoms with Crippen molar-refractivity contribution in [2.45, 2.75) is 25.7 Å². The minimum atomic E-state index is 0.606. The van der Waals surface area contributed by atoms with E-state index < -0.39 is 0 Å². The molecule has 1 aliphatic rings. The first kappa shape index (κ1) is 7.52. The van der Waals surface area contributed by atoms with Gasteiger partial charge in [0.05, 0.1) is 0 Å². The van der Waals surface area contributed by atoms with E-state index in [-0.39, 0.29) is 0 Å². The lowest BCUT2D eigenvalue weighted by molar-refractivity contribution is -0.108. The lowest BCUT2D eigenvalue weighted by Crippen LogP contribution is -2.04. The van der Waals surface area contributed by atoms with Crippen LogP contribution in [-0.4, -0.2) is 6.29 Å². The topological polar surface area (TPSA) is 17.1 Å². The summed E-state index contributed by atoms with van der Waals surface area (Å²) in [5.41, 5.74) is 0. The predicted octanol–water partition coefficient (Wildman–Crippen LogP) is 2.18. The second kappa shape index (κ2) is 3.55. The Kier molecular flexibility index (Phi) is 2.67. The van der Waals surface area contributed by atoms with E-state index in [4.69, 9.17) is 0 Å². The van der Waals surface area contributed by atoms with Gasteiger partial charge >= 0.3 is 0 Å². The normalized spacial score (nSPS) is 32.0. The first-order valence-electron chi connectivity index (χ1n) is 3.94. The Morgan fingerprint density at radius 2 is 2.30 bits per heavy atom. The second-order valence-corrected chi connectivity index (χ2v) is 2.99. The Morgan fingerprint density at radius 1 is 1.50 bits per heavy atom. The Balaban J connectivity index is 2.41. The molecule has 0 heterocycles. The third-order valence-electron chi connectivity index (χ3n) is 2.42. The van der Waals surface area contributed by atoms with Gasteiger partial charge in [0.25, 0.3) is 0 Å². The van der Waals surface area contributed by atoms with E-state index in [1.807, 2.05) is 6.08 Å². The molecule has 0 spiro atoms. The van der Waals surface area contributed by atoms with Crippen LogP contribution in [-0.2, 0) is 4.79 Å². The highest BCUT2D eigenvalue weighted by Crippen LogP contribution is 2.33. The Morgan fingerprint density at radius 3 is 2.90 bits per heavy atom. The molecule has 1 fully saturated rings. The number of rotatable bonds is 3. The summed E-state index contributed by atoms with van der Waals surface area (Å²) >= 11 is 0. The van der Waals surface area contributed by atoms with Crippen molar-refractivity contribution in [2.75, 3.05) is 0 Å². The average molecular weight is 138 g/mol. The minimum Gasteiger partial charge on any atom is -0.303 e. The van der Waals surface area contributed by atoms with Crippen LogP contribution in [0.15, 0.2) is 12.7 Å². The van der Waals surface area contributed by atoms with Gasteiger partial charge in [-0.25, -0.2) is 0 Å². The third-order valence-corrected chi connectivity index (χ3v) is 2.42. The van der Waals surface area contributed by atoms with Crippen molar-refractivity contribution < 1.29 is 4.79 Å². The van der Waals surface area contributed by atoms with E-state index >= 15 is 0 Å². The van der Waals surface area contributed by atoms with Crippen molar-refractivity contribution in [3.8, 4) is 0 Å². The van der Waals surface area contributed by atoms with Crippen LogP contribution in [0.4, 0.5) is 0 Å². The number of hydrogen-bond acceptors (Lipinski definition) is 1. The molecule has 0 aliphatic heterocycles. The molecular formula is C9H14O. The molecule has 0 saturated heterocycles. The van der Waals surface area contributed by atoms with E-state index in [1.54, 1.807) is 0 Å². The molecule has 1 nitrogen and oxygen atoms in total. The maximum atomic E-state index is 10.2. The van der Waals surface area contributed by atoms with E-state index in [0.29, 0.717) is 11.8 Å². The largest absolute Gasteiger partial charge is 0.303 e. The molecule has 0 aromatic carbocycles. The van der Waals surface area contributed by atoms with Gasteiger partial charge in [-0.1, -0.05) is 12.5 Å². The zero-order valence-electron chi connectivity index (χ0n) is 6.25. The zero-order valence-corrected chi connectivity index (χ0v) is 6.25. The third kappa shape index (κ3) is 1.47. The van der Waals surface area contributed by atoms with Gasteiger partial charge in [0.15, 0.2) is 0 Å². The first-order valence-corrected chi connectivity index (χ1v) is 3.94. The van der Waals surface area contributed by atoms with Crippen LogP contribution in [0.25, 0.3) is 0 Å². The molecule has 0 unspecified atom stereocenters. The predicted molar refractivity (Wildman–Crippen MR) is 41.7 cm³/mol. The van der Waals surface area contributed by atoms with Crippen molar-refractivity contribution in [3.05, 3.63) is 12.7 Å². The summed E-state index contributed by atoms with van der Waals surface area (Å²) < 4.78 is 0. The van der Waals surface area contributed by atoms with Gasteiger partial charge in [0.1, 0.15) is 6.29 Å². The molecule has 1 heteroatoms. The standard InChI is InChI=1S/C9H14O/c1-2-8-4-3-5-9(8)6-7-10/h2,7-9H,1,3-6H2/t8-,9-/m1/s1. The molecule has 0 N–H and O–H groups in total. The number of allylic oxidation sites excluding steroid dienone is 1. The summed E-state index contributed by atoms with van der Waals surface area (Å²) in [4.78, 5) is 10.2. The van der Waals surface area contributed by atoms with Gasteiger partial charge in [-0.2, -0.15) is 0 Å².